The molecule has 182 valence electrons. The SMILES string of the molecule is CCCOc1ccc(C2/C(=C(\O)c3c(C)[nH]c(C)c3C)C(=O)C(=O)N2CCN2CCCC2)cc1. The van der Waals surface area contributed by atoms with Gasteiger partial charge in [0.25, 0.3) is 11.7 Å². The fraction of sp³-hybridized carbons (Fsp3) is 0.481. The van der Waals surface area contributed by atoms with Gasteiger partial charge in [0.15, 0.2) is 0 Å². The van der Waals surface area contributed by atoms with Gasteiger partial charge in [0.1, 0.15) is 11.5 Å². The number of aromatic nitrogens is 1. The van der Waals surface area contributed by atoms with Crippen molar-refractivity contribution in [3.63, 3.8) is 0 Å². The van der Waals surface area contributed by atoms with Crippen molar-refractivity contribution < 1.29 is 19.4 Å². The van der Waals surface area contributed by atoms with E-state index in [1.54, 1.807) is 4.90 Å². The minimum absolute atomic E-state index is 0.113. The number of amides is 1. The molecule has 7 nitrogen and oxygen atoms in total. The van der Waals surface area contributed by atoms with Crippen molar-refractivity contribution in [3.8, 4) is 5.75 Å². The van der Waals surface area contributed by atoms with E-state index in [9.17, 15) is 14.7 Å². The van der Waals surface area contributed by atoms with E-state index in [-0.39, 0.29) is 11.3 Å². The number of benzene rings is 1. The molecule has 2 aliphatic heterocycles. The Hall–Kier alpha value is -3.06. The standard InChI is InChI=1S/C27H35N3O4/c1-5-16-34-21-10-8-20(9-11-21)24-23(25(31)22-17(2)18(3)28-19(22)4)26(32)27(33)30(24)15-14-29-12-6-7-13-29/h8-11,24,28,31H,5-7,12-16H2,1-4H3/b25-23+. The van der Waals surface area contributed by atoms with Crippen LogP contribution in [0.25, 0.3) is 5.76 Å². The lowest BCUT2D eigenvalue weighted by atomic mass is 9.94. The number of carbonyl (C=O) groups excluding carboxylic acids is 2. The summed E-state index contributed by atoms with van der Waals surface area (Å²) in [6.45, 7) is 11.6. The summed E-state index contributed by atoms with van der Waals surface area (Å²) in [5.41, 5.74) is 4.12. The molecule has 1 amide bonds. The molecule has 1 atom stereocenters. The maximum atomic E-state index is 13.3. The van der Waals surface area contributed by atoms with Crippen molar-refractivity contribution in [1.82, 2.24) is 14.8 Å². The maximum Gasteiger partial charge on any atom is 0.295 e. The van der Waals surface area contributed by atoms with Gasteiger partial charge in [-0.05, 0) is 76.4 Å². The lowest BCUT2D eigenvalue weighted by Gasteiger charge is -2.27. The first-order chi connectivity index (χ1) is 16.3. The molecule has 4 rings (SSSR count). The molecule has 2 aliphatic rings. The smallest absolute Gasteiger partial charge is 0.295 e. The molecule has 3 heterocycles. The van der Waals surface area contributed by atoms with Gasteiger partial charge in [0.2, 0.25) is 0 Å². The van der Waals surface area contributed by atoms with Crippen LogP contribution >= 0.6 is 0 Å². The second-order valence-electron chi connectivity index (χ2n) is 9.33. The number of likely N-dealkylation sites (tertiary alicyclic amines) is 2. The average Bonchev–Trinajstić information content (AvgIpc) is 3.50. The summed E-state index contributed by atoms with van der Waals surface area (Å²) >= 11 is 0. The minimum atomic E-state index is -0.642. The summed E-state index contributed by atoms with van der Waals surface area (Å²) in [6.07, 6.45) is 3.23. The maximum absolute atomic E-state index is 13.3. The Morgan fingerprint density at radius 2 is 1.74 bits per heavy atom. The van der Waals surface area contributed by atoms with Crippen molar-refractivity contribution in [2.75, 3.05) is 32.8 Å². The van der Waals surface area contributed by atoms with Gasteiger partial charge in [0.05, 0.1) is 18.2 Å². The minimum Gasteiger partial charge on any atom is -0.507 e. The third kappa shape index (κ3) is 4.49. The Balaban J connectivity index is 1.76. The van der Waals surface area contributed by atoms with Crippen molar-refractivity contribution in [2.45, 2.75) is 53.0 Å². The Morgan fingerprint density at radius 3 is 2.32 bits per heavy atom. The number of aliphatic hydroxyl groups excluding tert-OH is 1. The highest BCUT2D eigenvalue weighted by Gasteiger charge is 2.46. The van der Waals surface area contributed by atoms with Crippen LogP contribution in [0.5, 0.6) is 5.75 Å². The van der Waals surface area contributed by atoms with Crippen LogP contribution in [0.2, 0.25) is 0 Å². The molecule has 2 aromatic rings. The van der Waals surface area contributed by atoms with Crippen molar-refractivity contribution in [1.29, 1.82) is 0 Å². The summed E-state index contributed by atoms with van der Waals surface area (Å²) in [6, 6.07) is 6.86. The molecule has 0 spiro atoms. The predicted molar refractivity (Wildman–Crippen MR) is 132 cm³/mol. The molecule has 2 N–H and O–H groups in total. The van der Waals surface area contributed by atoms with Crippen LogP contribution in [-0.2, 0) is 9.59 Å². The molecule has 1 unspecified atom stereocenters. The Morgan fingerprint density at radius 1 is 1.06 bits per heavy atom. The molecule has 1 aromatic heterocycles. The molecular weight excluding hydrogens is 430 g/mol. The number of aromatic amines is 1. The zero-order chi connectivity index (χ0) is 24.4. The summed E-state index contributed by atoms with van der Waals surface area (Å²) in [7, 11) is 0. The molecule has 0 saturated carbocycles. The van der Waals surface area contributed by atoms with Crippen LogP contribution in [0.3, 0.4) is 0 Å². The number of nitrogens with one attached hydrogen (secondary N) is 1. The fourth-order valence-corrected chi connectivity index (χ4v) is 5.07. The van der Waals surface area contributed by atoms with Crippen LogP contribution in [0, 0.1) is 20.8 Å². The van der Waals surface area contributed by atoms with Gasteiger partial charge in [-0.1, -0.05) is 19.1 Å². The van der Waals surface area contributed by atoms with E-state index in [4.69, 9.17) is 4.74 Å². The third-order valence-corrected chi connectivity index (χ3v) is 6.99. The lowest BCUT2D eigenvalue weighted by molar-refractivity contribution is -0.140. The van der Waals surface area contributed by atoms with Crippen LogP contribution in [0.15, 0.2) is 29.8 Å². The van der Waals surface area contributed by atoms with Gasteiger partial charge >= 0.3 is 0 Å². The number of aryl methyl sites for hydroxylation is 2. The van der Waals surface area contributed by atoms with Crippen LogP contribution in [-0.4, -0.2) is 64.4 Å². The number of H-pyrrole nitrogens is 1. The predicted octanol–water partition coefficient (Wildman–Crippen LogP) is 4.25. The molecule has 0 aliphatic carbocycles. The molecule has 1 aromatic carbocycles. The monoisotopic (exact) mass is 465 g/mol. The highest BCUT2D eigenvalue weighted by molar-refractivity contribution is 6.46. The summed E-state index contributed by atoms with van der Waals surface area (Å²) in [4.78, 5) is 33.7. The van der Waals surface area contributed by atoms with Gasteiger partial charge in [-0.2, -0.15) is 0 Å². The molecule has 0 radical (unpaired) electrons. The number of hydrogen-bond acceptors (Lipinski definition) is 5. The van der Waals surface area contributed by atoms with Crippen LogP contribution < -0.4 is 4.74 Å². The zero-order valence-corrected chi connectivity index (χ0v) is 20.6. The lowest BCUT2D eigenvalue weighted by Crippen LogP contribution is -2.37. The van der Waals surface area contributed by atoms with Gasteiger partial charge in [0, 0.05) is 30.0 Å². The summed E-state index contributed by atoms with van der Waals surface area (Å²) < 4.78 is 5.72. The number of nitrogens with zero attached hydrogens (tertiary/aromatic N) is 2. The molecule has 2 saturated heterocycles. The number of Topliss-reactive ketones (excluding diaryl/α,β-unsaturated/α-hetero) is 1. The number of ether oxygens (including phenoxy) is 1. The van der Waals surface area contributed by atoms with Crippen LogP contribution in [0.4, 0.5) is 0 Å². The number of carbonyl (C=O) groups is 2. The largest absolute Gasteiger partial charge is 0.507 e. The van der Waals surface area contributed by atoms with Gasteiger partial charge in [-0.3, -0.25) is 9.59 Å². The van der Waals surface area contributed by atoms with E-state index < -0.39 is 17.7 Å². The van der Waals surface area contributed by atoms with Gasteiger partial charge < -0.3 is 24.6 Å². The van der Waals surface area contributed by atoms with Gasteiger partial charge in [-0.25, -0.2) is 0 Å². The third-order valence-electron chi connectivity index (χ3n) is 6.99. The number of aliphatic hydroxyl groups is 1. The molecule has 0 bridgehead atoms. The average molecular weight is 466 g/mol. The Bertz CT molecular complexity index is 1090. The van der Waals surface area contributed by atoms with Crippen molar-refractivity contribution in [3.05, 3.63) is 57.9 Å². The second-order valence-corrected chi connectivity index (χ2v) is 9.33. The van der Waals surface area contributed by atoms with E-state index >= 15 is 0 Å². The van der Waals surface area contributed by atoms with Crippen LogP contribution in [0.1, 0.15) is 60.3 Å². The summed E-state index contributed by atoms with van der Waals surface area (Å²) in [5.74, 6) is -0.558. The molecule has 34 heavy (non-hydrogen) atoms. The fourth-order valence-electron chi connectivity index (χ4n) is 5.07. The number of hydrogen-bond donors (Lipinski definition) is 2. The van der Waals surface area contributed by atoms with Gasteiger partial charge in [-0.15, -0.1) is 0 Å². The second kappa shape index (κ2) is 10.1. The van der Waals surface area contributed by atoms with Crippen molar-refractivity contribution >= 4 is 17.4 Å². The summed E-state index contributed by atoms with van der Waals surface area (Å²) in [5, 5.41) is 11.4. The quantitative estimate of drug-likeness (QED) is 0.346. The molecule has 7 heteroatoms. The van der Waals surface area contributed by atoms with E-state index in [1.165, 1.54) is 0 Å². The Labute approximate surface area is 201 Å². The first kappa shape index (κ1) is 24.1. The topological polar surface area (TPSA) is 85.9 Å². The molecule has 2 fully saturated rings. The zero-order valence-electron chi connectivity index (χ0n) is 20.6. The highest BCUT2D eigenvalue weighted by Crippen LogP contribution is 2.41. The Kier molecular flexibility index (Phi) is 7.12. The van der Waals surface area contributed by atoms with Crippen molar-refractivity contribution in [2.24, 2.45) is 0 Å². The normalized spacial score (nSPS) is 20.5. The first-order valence-electron chi connectivity index (χ1n) is 12.2. The number of rotatable bonds is 8. The van der Waals surface area contributed by atoms with E-state index in [2.05, 4.69) is 16.8 Å². The first-order valence-corrected chi connectivity index (χ1v) is 12.2. The van der Waals surface area contributed by atoms with E-state index in [1.807, 2.05) is 45.0 Å². The van der Waals surface area contributed by atoms with E-state index in [0.29, 0.717) is 25.3 Å². The molecular formula is C27H35N3O4. The number of ketones is 1. The van der Waals surface area contributed by atoms with E-state index in [0.717, 1.165) is 60.6 Å². The highest BCUT2D eigenvalue weighted by atomic mass is 16.5.